The Bertz CT molecular complexity index is 1170. The minimum atomic E-state index is -0.940. The number of anilines is 1. The van der Waals surface area contributed by atoms with Crippen LogP contribution in [0.5, 0.6) is 0 Å². The van der Waals surface area contributed by atoms with Gasteiger partial charge in [0.2, 0.25) is 5.91 Å². The molecule has 2 atom stereocenters. The third-order valence-electron chi connectivity index (χ3n) is 6.61. The van der Waals surface area contributed by atoms with Crippen molar-refractivity contribution in [3.8, 4) is 0 Å². The fourth-order valence-corrected chi connectivity index (χ4v) is 5.27. The van der Waals surface area contributed by atoms with Gasteiger partial charge in [-0.15, -0.1) is 0 Å². The highest BCUT2D eigenvalue weighted by Gasteiger charge is 2.43. The maximum Gasteiger partial charge on any atom is 0.408 e. The molecule has 0 aliphatic heterocycles. The van der Waals surface area contributed by atoms with Gasteiger partial charge in [0.05, 0.1) is 0 Å². The number of benzene rings is 2. The first-order chi connectivity index (χ1) is 18.5. The quantitative estimate of drug-likeness (QED) is 0.344. The van der Waals surface area contributed by atoms with Gasteiger partial charge in [-0.05, 0) is 115 Å². The molecule has 220 valence electrons. The van der Waals surface area contributed by atoms with Crippen LogP contribution in [-0.2, 0) is 14.3 Å². The Hall–Kier alpha value is -3.00. The number of nitrogens with zero attached hydrogens (tertiary/aromatic N) is 1. The van der Waals surface area contributed by atoms with E-state index in [1.165, 1.54) is 0 Å². The number of aryl methyl sites for hydroxylation is 4. The third-order valence-corrected chi connectivity index (χ3v) is 7.26. The van der Waals surface area contributed by atoms with E-state index >= 15 is 0 Å². The van der Waals surface area contributed by atoms with Crippen molar-refractivity contribution < 1.29 is 19.1 Å². The lowest BCUT2D eigenvalue weighted by molar-refractivity contribution is -0.146. The van der Waals surface area contributed by atoms with E-state index in [4.69, 9.17) is 4.74 Å². The second-order valence-electron chi connectivity index (χ2n) is 12.3. The normalized spacial score (nSPS) is 13.3. The van der Waals surface area contributed by atoms with Gasteiger partial charge in [-0.25, -0.2) is 4.79 Å². The molecule has 2 aromatic carbocycles. The number of carbonyl (C=O) groups excluding carboxylic acids is 3. The summed E-state index contributed by atoms with van der Waals surface area (Å²) in [6.07, 6.45) is 1.68. The smallest absolute Gasteiger partial charge is 0.408 e. The minimum absolute atomic E-state index is 0.307. The zero-order chi connectivity index (χ0) is 30.4. The summed E-state index contributed by atoms with van der Waals surface area (Å²) >= 11 is 1.59. The standard InChI is InChI=1S/C32H47N3O4S/c1-20-14-12-15-21(2)25(20)27(28(36)34-26-22(3)16-13-17-23(26)4)35(31(5,6)7)29(37)24(18-19-40-11)33-30(38)39-32(8,9)10/h12-17,24,27H,18-19H2,1-11H3,(H,33,38)(H,34,36). The number of thioether (sulfide) groups is 1. The summed E-state index contributed by atoms with van der Waals surface area (Å²) in [6, 6.07) is 9.90. The average Bonchev–Trinajstić information content (AvgIpc) is 2.81. The van der Waals surface area contributed by atoms with E-state index in [0.717, 1.165) is 33.5 Å². The molecule has 40 heavy (non-hydrogen) atoms. The average molecular weight is 570 g/mol. The summed E-state index contributed by atoms with van der Waals surface area (Å²) in [5.41, 5.74) is 3.72. The zero-order valence-electron chi connectivity index (χ0n) is 26.0. The lowest BCUT2D eigenvalue weighted by Crippen LogP contribution is -2.58. The first-order valence-corrected chi connectivity index (χ1v) is 15.1. The highest BCUT2D eigenvalue weighted by Crippen LogP contribution is 2.35. The summed E-state index contributed by atoms with van der Waals surface area (Å²) in [7, 11) is 0. The van der Waals surface area contributed by atoms with Crippen LogP contribution in [0.4, 0.5) is 10.5 Å². The number of alkyl carbamates (subject to hydrolysis) is 1. The largest absolute Gasteiger partial charge is 0.444 e. The predicted octanol–water partition coefficient (Wildman–Crippen LogP) is 6.87. The Kier molecular flexibility index (Phi) is 11.3. The van der Waals surface area contributed by atoms with Crippen molar-refractivity contribution in [3.63, 3.8) is 0 Å². The van der Waals surface area contributed by atoms with Crippen LogP contribution in [0.2, 0.25) is 0 Å². The summed E-state index contributed by atoms with van der Waals surface area (Å²) in [6.45, 7) is 18.9. The van der Waals surface area contributed by atoms with Crippen molar-refractivity contribution in [3.05, 3.63) is 64.2 Å². The molecular formula is C32H47N3O4S. The fraction of sp³-hybridized carbons (Fsp3) is 0.531. The van der Waals surface area contributed by atoms with Crippen molar-refractivity contribution in [1.29, 1.82) is 0 Å². The van der Waals surface area contributed by atoms with Crippen molar-refractivity contribution >= 4 is 35.4 Å². The number of para-hydroxylation sites is 1. The van der Waals surface area contributed by atoms with Gasteiger partial charge in [0.1, 0.15) is 17.7 Å². The molecule has 0 bridgehead atoms. The fourth-order valence-electron chi connectivity index (χ4n) is 4.80. The number of hydrogen-bond donors (Lipinski definition) is 2. The van der Waals surface area contributed by atoms with Crippen molar-refractivity contribution in [2.24, 2.45) is 0 Å². The van der Waals surface area contributed by atoms with E-state index in [-0.39, 0.29) is 11.8 Å². The van der Waals surface area contributed by atoms with Gasteiger partial charge in [-0.1, -0.05) is 36.4 Å². The molecule has 2 aromatic rings. The number of ether oxygens (including phenoxy) is 1. The Morgan fingerprint density at radius 1 is 0.875 bits per heavy atom. The molecule has 0 spiro atoms. The minimum Gasteiger partial charge on any atom is -0.444 e. The van der Waals surface area contributed by atoms with Crippen LogP contribution in [0, 0.1) is 27.7 Å². The topological polar surface area (TPSA) is 87.7 Å². The third kappa shape index (κ3) is 8.75. The monoisotopic (exact) mass is 569 g/mol. The summed E-state index contributed by atoms with van der Waals surface area (Å²) in [5.74, 6) is 0.00279. The van der Waals surface area contributed by atoms with Gasteiger partial charge in [-0.3, -0.25) is 9.59 Å². The second-order valence-corrected chi connectivity index (χ2v) is 13.3. The Balaban J connectivity index is 2.69. The molecule has 2 rings (SSSR count). The van der Waals surface area contributed by atoms with Crippen LogP contribution in [0.3, 0.4) is 0 Å². The van der Waals surface area contributed by atoms with Crippen LogP contribution >= 0.6 is 11.8 Å². The summed E-state index contributed by atoms with van der Waals surface area (Å²) < 4.78 is 5.49. The predicted molar refractivity (Wildman–Crippen MR) is 166 cm³/mol. The van der Waals surface area contributed by atoms with Gasteiger partial charge >= 0.3 is 6.09 Å². The highest BCUT2D eigenvalue weighted by atomic mass is 32.2. The maximum atomic E-state index is 14.5. The molecule has 2 N–H and O–H groups in total. The molecule has 0 aliphatic rings. The van der Waals surface area contributed by atoms with E-state index in [1.807, 2.05) is 91.1 Å². The van der Waals surface area contributed by atoms with Crippen LogP contribution in [0.1, 0.15) is 81.8 Å². The molecule has 0 radical (unpaired) electrons. The van der Waals surface area contributed by atoms with Crippen molar-refractivity contribution in [1.82, 2.24) is 10.2 Å². The van der Waals surface area contributed by atoms with Gasteiger partial charge in [-0.2, -0.15) is 11.8 Å². The van der Waals surface area contributed by atoms with E-state index in [1.54, 1.807) is 37.4 Å². The molecule has 0 saturated heterocycles. The molecule has 2 unspecified atom stereocenters. The SMILES string of the molecule is CSCCC(NC(=O)OC(C)(C)C)C(=O)N(C(C(=O)Nc1c(C)cccc1C)c1c(C)cccc1C)C(C)(C)C. The molecule has 0 aliphatic carbocycles. The first kappa shape index (κ1) is 33.2. The number of hydrogen-bond acceptors (Lipinski definition) is 5. The molecule has 3 amide bonds. The second kappa shape index (κ2) is 13.6. The highest BCUT2D eigenvalue weighted by molar-refractivity contribution is 7.98. The molecule has 7 nitrogen and oxygen atoms in total. The lowest BCUT2D eigenvalue weighted by Gasteiger charge is -2.44. The number of carbonyl (C=O) groups is 3. The maximum absolute atomic E-state index is 14.5. The van der Waals surface area contributed by atoms with Crippen LogP contribution < -0.4 is 10.6 Å². The van der Waals surface area contributed by atoms with Gasteiger partial charge < -0.3 is 20.3 Å². The lowest BCUT2D eigenvalue weighted by atomic mass is 9.90. The van der Waals surface area contributed by atoms with E-state index < -0.39 is 29.3 Å². The van der Waals surface area contributed by atoms with Crippen LogP contribution in [-0.4, -0.2) is 52.0 Å². The first-order valence-electron chi connectivity index (χ1n) is 13.7. The molecule has 0 aromatic heterocycles. The Morgan fingerprint density at radius 3 is 1.82 bits per heavy atom. The van der Waals surface area contributed by atoms with Gasteiger partial charge in [0.15, 0.2) is 0 Å². The summed E-state index contributed by atoms with van der Waals surface area (Å²) in [4.78, 5) is 43.3. The zero-order valence-corrected chi connectivity index (χ0v) is 26.8. The molecule has 0 heterocycles. The van der Waals surface area contributed by atoms with E-state index in [9.17, 15) is 14.4 Å². The summed E-state index contributed by atoms with van der Waals surface area (Å²) in [5, 5.41) is 5.95. The van der Waals surface area contributed by atoms with Crippen LogP contribution in [0.25, 0.3) is 0 Å². The number of amides is 3. The molecule has 0 saturated carbocycles. The Morgan fingerprint density at radius 2 is 1.38 bits per heavy atom. The number of rotatable bonds is 9. The van der Waals surface area contributed by atoms with E-state index in [2.05, 4.69) is 10.6 Å². The van der Waals surface area contributed by atoms with Gasteiger partial charge in [0, 0.05) is 11.2 Å². The van der Waals surface area contributed by atoms with Gasteiger partial charge in [0.25, 0.3) is 5.91 Å². The van der Waals surface area contributed by atoms with Crippen LogP contribution in [0.15, 0.2) is 36.4 Å². The van der Waals surface area contributed by atoms with E-state index in [0.29, 0.717) is 12.2 Å². The Labute approximate surface area is 244 Å². The number of nitrogens with one attached hydrogen (secondary N) is 2. The molecule has 0 fully saturated rings. The molecule has 8 heteroatoms. The van der Waals surface area contributed by atoms with Crippen molar-refractivity contribution in [2.75, 3.05) is 17.3 Å². The molecular weight excluding hydrogens is 522 g/mol. The van der Waals surface area contributed by atoms with Crippen molar-refractivity contribution in [2.45, 2.75) is 98.9 Å².